The Morgan fingerprint density at radius 3 is 2.69 bits per heavy atom. The topological polar surface area (TPSA) is 12.5 Å². The molecule has 0 bridgehead atoms. The van der Waals surface area contributed by atoms with Crippen LogP contribution in [0.4, 0.5) is 4.39 Å². The number of benzene rings is 1. The molecule has 0 amide bonds. The lowest BCUT2D eigenvalue weighted by Crippen LogP contribution is -2.34. The molecule has 1 fully saturated rings. The quantitative estimate of drug-likeness (QED) is 0.829. The summed E-state index contributed by atoms with van der Waals surface area (Å²) in [6.45, 7) is 7.05. The Balaban J connectivity index is 2.16. The van der Waals surface area contributed by atoms with Gasteiger partial charge in [-0.15, -0.1) is 0 Å². The second-order valence-electron chi connectivity index (χ2n) is 3.68. The number of hydrogen-bond donors (Lipinski definition) is 0. The fourth-order valence-electron chi connectivity index (χ4n) is 1.69. The van der Waals surface area contributed by atoms with Crippen LogP contribution in [0, 0.1) is 5.82 Å². The first-order valence-electron chi connectivity index (χ1n) is 5.15. The molecule has 1 aliphatic heterocycles. The minimum atomic E-state index is -0.257. The number of hydrogen-bond acceptors (Lipinski definition) is 2. The van der Waals surface area contributed by atoms with Gasteiger partial charge in [0.2, 0.25) is 0 Å². The van der Waals surface area contributed by atoms with Gasteiger partial charge in [-0.25, -0.2) is 4.39 Å². The van der Waals surface area contributed by atoms with Crippen LogP contribution in [-0.4, -0.2) is 31.2 Å². The van der Waals surface area contributed by atoms with Crippen LogP contribution < -0.4 is 0 Å². The average molecular weight is 286 g/mol. The van der Waals surface area contributed by atoms with E-state index in [0.29, 0.717) is 17.7 Å². The summed E-state index contributed by atoms with van der Waals surface area (Å²) >= 11 is 3.14. The van der Waals surface area contributed by atoms with Crippen molar-refractivity contribution in [3.8, 4) is 0 Å². The van der Waals surface area contributed by atoms with E-state index in [4.69, 9.17) is 4.74 Å². The molecule has 0 atom stereocenters. The molecule has 1 saturated heterocycles. The van der Waals surface area contributed by atoms with Crippen molar-refractivity contribution in [2.75, 3.05) is 26.3 Å². The van der Waals surface area contributed by atoms with Gasteiger partial charge in [-0.3, -0.25) is 0 Å². The SMILES string of the molecule is C=C(c1ccc(Br)c(F)c1)N1CCOCC1. The van der Waals surface area contributed by atoms with E-state index in [1.165, 1.54) is 6.07 Å². The zero-order valence-electron chi connectivity index (χ0n) is 8.88. The Morgan fingerprint density at radius 1 is 1.38 bits per heavy atom. The van der Waals surface area contributed by atoms with Crippen LogP contribution in [0.3, 0.4) is 0 Å². The van der Waals surface area contributed by atoms with E-state index < -0.39 is 0 Å². The van der Waals surface area contributed by atoms with Crippen molar-refractivity contribution >= 4 is 21.6 Å². The predicted octanol–water partition coefficient (Wildman–Crippen LogP) is 2.89. The standard InChI is InChI=1S/C12H13BrFNO/c1-9(15-4-6-16-7-5-15)10-2-3-11(13)12(14)8-10/h2-3,8H,1,4-7H2. The summed E-state index contributed by atoms with van der Waals surface area (Å²) in [5.74, 6) is -0.257. The lowest BCUT2D eigenvalue weighted by Gasteiger charge is -2.30. The molecule has 0 N–H and O–H groups in total. The van der Waals surface area contributed by atoms with E-state index >= 15 is 0 Å². The average Bonchev–Trinajstić information content (AvgIpc) is 2.33. The van der Waals surface area contributed by atoms with E-state index in [0.717, 1.165) is 24.4 Å². The minimum Gasteiger partial charge on any atom is -0.378 e. The highest BCUT2D eigenvalue weighted by molar-refractivity contribution is 9.10. The third-order valence-corrected chi connectivity index (χ3v) is 3.29. The van der Waals surface area contributed by atoms with Crippen molar-refractivity contribution in [1.29, 1.82) is 0 Å². The van der Waals surface area contributed by atoms with Crippen molar-refractivity contribution < 1.29 is 9.13 Å². The highest BCUT2D eigenvalue weighted by Gasteiger charge is 2.14. The number of ether oxygens (including phenoxy) is 1. The molecule has 2 nitrogen and oxygen atoms in total. The summed E-state index contributed by atoms with van der Waals surface area (Å²) < 4.78 is 19.1. The zero-order chi connectivity index (χ0) is 11.5. The third kappa shape index (κ3) is 2.44. The monoisotopic (exact) mass is 285 g/mol. The van der Waals surface area contributed by atoms with E-state index in [9.17, 15) is 4.39 Å². The summed E-state index contributed by atoms with van der Waals surface area (Å²) in [4.78, 5) is 2.12. The fourth-order valence-corrected chi connectivity index (χ4v) is 1.94. The molecule has 0 radical (unpaired) electrons. The second kappa shape index (κ2) is 4.97. The summed E-state index contributed by atoms with van der Waals surface area (Å²) in [5, 5.41) is 0. The number of rotatable bonds is 2. The van der Waals surface area contributed by atoms with Gasteiger partial charge in [0.15, 0.2) is 0 Å². The van der Waals surface area contributed by atoms with Crippen LogP contribution in [0.1, 0.15) is 5.56 Å². The van der Waals surface area contributed by atoms with Crippen LogP contribution in [-0.2, 0) is 4.74 Å². The maximum Gasteiger partial charge on any atom is 0.138 e. The molecule has 0 unspecified atom stereocenters. The molecule has 4 heteroatoms. The van der Waals surface area contributed by atoms with Crippen LogP contribution in [0.25, 0.3) is 5.70 Å². The van der Waals surface area contributed by atoms with Crippen molar-refractivity contribution in [3.05, 3.63) is 40.6 Å². The predicted molar refractivity (Wildman–Crippen MR) is 65.5 cm³/mol. The van der Waals surface area contributed by atoms with Crippen molar-refractivity contribution in [3.63, 3.8) is 0 Å². The van der Waals surface area contributed by atoms with Crippen LogP contribution in [0.2, 0.25) is 0 Å². The summed E-state index contributed by atoms with van der Waals surface area (Å²) in [6.07, 6.45) is 0. The van der Waals surface area contributed by atoms with Crippen molar-refractivity contribution in [1.82, 2.24) is 4.90 Å². The summed E-state index contributed by atoms with van der Waals surface area (Å²) in [5.41, 5.74) is 1.68. The van der Waals surface area contributed by atoms with Gasteiger partial charge in [0.1, 0.15) is 5.82 Å². The molecule has 86 valence electrons. The highest BCUT2D eigenvalue weighted by atomic mass is 79.9. The lowest BCUT2D eigenvalue weighted by atomic mass is 10.1. The first kappa shape index (κ1) is 11.6. The Hall–Kier alpha value is -0.870. The third-order valence-electron chi connectivity index (χ3n) is 2.65. The van der Waals surface area contributed by atoms with Crippen molar-refractivity contribution in [2.24, 2.45) is 0 Å². The second-order valence-corrected chi connectivity index (χ2v) is 4.53. The molecule has 2 rings (SSSR count). The minimum absolute atomic E-state index is 0.257. The normalized spacial score (nSPS) is 16.2. The maximum absolute atomic E-state index is 13.4. The molecule has 1 aromatic rings. The van der Waals surface area contributed by atoms with Gasteiger partial charge >= 0.3 is 0 Å². The molecule has 16 heavy (non-hydrogen) atoms. The van der Waals surface area contributed by atoms with Gasteiger partial charge < -0.3 is 9.64 Å². The molecule has 1 heterocycles. The van der Waals surface area contributed by atoms with Crippen molar-refractivity contribution in [2.45, 2.75) is 0 Å². The molecule has 1 aliphatic rings. The molecule has 0 aromatic heterocycles. The smallest absolute Gasteiger partial charge is 0.138 e. The zero-order valence-corrected chi connectivity index (χ0v) is 10.5. The fraction of sp³-hybridized carbons (Fsp3) is 0.333. The molecule has 1 aromatic carbocycles. The number of halogens is 2. The van der Waals surface area contributed by atoms with Gasteiger partial charge in [-0.2, -0.15) is 0 Å². The largest absolute Gasteiger partial charge is 0.378 e. The maximum atomic E-state index is 13.4. The summed E-state index contributed by atoms with van der Waals surface area (Å²) in [7, 11) is 0. The number of nitrogens with zero attached hydrogens (tertiary/aromatic N) is 1. The summed E-state index contributed by atoms with van der Waals surface area (Å²) in [6, 6.07) is 5.07. The van der Waals surface area contributed by atoms with E-state index in [1.807, 2.05) is 6.07 Å². The molecule has 0 aliphatic carbocycles. The van der Waals surface area contributed by atoms with Crippen LogP contribution in [0.15, 0.2) is 29.3 Å². The molecule has 0 spiro atoms. The van der Waals surface area contributed by atoms with Crippen LogP contribution >= 0.6 is 15.9 Å². The van der Waals surface area contributed by atoms with Crippen LogP contribution in [0.5, 0.6) is 0 Å². The Labute approximate surface area is 103 Å². The van der Waals surface area contributed by atoms with Gasteiger partial charge in [0.05, 0.1) is 17.7 Å². The van der Waals surface area contributed by atoms with E-state index in [1.54, 1.807) is 6.07 Å². The van der Waals surface area contributed by atoms with Gasteiger partial charge in [0.25, 0.3) is 0 Å². The lowest BCUT2D eigenvalue weighted by molar-refractivity contribution is 0.0641. The molecular formula is C12H13BrFNO. The Bertz CT molecular complexity index is 402. The molecular weight excluding hydrogens is 273 g/mol. The molecule has 0 saturated carbocycles. The first-order chi connectivity index (χ1) is 7.68. The van der Waals surface area contributed by atoms with E-state index in [2.05, 4.69) is 27.4 Å². The van der Waals surface area contributed by atoms with E-state index in [-0.39, 0.29) is 5.82 Å². The van der Waals surface area contributed by atoms with Gasteiger partial charge in [-0.1, -0.05) is 12.6 Å². The van der Waals surface area contributed by atoms with Gasteiger partial charge in [0, 0.05) is 24.4 Å². The number of morpholine rings is 1. The Kier molecular flexibility index (Phi) is 3.61. The Morgan fingerprint density at radius 2 is 2.06 bits per heavy atom. The highest BCUT2D eigenvalue weighted by Crippen LogP contribution is 2.23. The van der Waals surface area contributed by atoms with Gasteiger partial charge in [-0.05, 0) is 28.1 Å². The first-order valence-corrected chi connectivity index (χ1v) is 5.95.